The van der Waals surface area contributed by atoms with Gasteiger partial charge in [-0.1, -0.05) is 6.08 Å². The number of esters is 1. The Hall–Kier alpha value is -1.58. The topological polar surface area (TPSA) is 69.4 Å². The third kappa shape index (κ3) is 3.58. The Labute approximate surface area is 88.8 Å². The molecule has 0 bridgehead atoms. The number of hydrogen-bond donors (Lipinski definition) is 1. The van der Waals surface area contributed by atoms with Gasteiger partial charge in [0.1, 0.15) is 0 Å². The summed E-state index contributed by atoms with van der Waals surface area (Å²) >= 11 is 0. The molecular weight excluding hydrogens is 194 g/mol. The second-order valence-corrected chi connectivity index (χ2v) is 3.44. The standard InChI is InChI=1S/C11H15NO3/c1-15-11(14)4-2-3-8-5-6-10(13)9(12)7-8/h5,7H,2-4,6,12H2,1H3. The van der Waals surface area contributed by atoms with Gasteiger partial charge in [0.25, 0.3) is 0 Å². The first-order valence-electron chi connectivity index (χ1n) is 4.89. The molecule has 0 unspecified atom stereocenters. The van der Waals surface area contributed by atoms with Crippen molar-refractivity contribution in [3.05, 3.63) is 23.4 Å². The highest BCUT2D eigenvalue weighted by atomic mass is 16.5. The van der Waals surface area contributed by atoms with E-state index in [2.05, 4.69) is 4.74 Å². The lowest BCUT2D eigenvalue weighted by Crippen LogP contribution is -2.13. The van der Waals surface area contributed by atoms with Crippen LogP contribution in [0.5, 0.6) is 0 Å². The number of carbonyl (C=O) groups is 2. The van der Waals surface area contributed by atoms with E-state index in [0.717, 1.165) is 18.4 Å². The third-order valence-electron chi connectivity index (χ3n) is 2.29. The Bertz CT molecular complexity index is 329. The van der Waals surface area contributed by atoms with Gasteiger partial charge < -0.3 is 10.5 Å². The van der Waals surface area contributed by atoms with Crippen molar-refractivity contribution in [2.45, 2.75) is 25.7 Å². The summed E-state index contributed by atoms with van der Waals surface area (Å²) < 4.78 is 4.53. The second-order valence-electron chi connectivity index (χ2n) is 3.44. The number of ketones is 1. The molecule has 4 nitrogen and oxygen atoms in total. The number of Topliss-reactive ketones (excluding diaryl/α,β-unsaturated/α-hetero) is 1. The molecule has 0 fully saturated rings. The predicted octanol–water partition coefficient (Wildman–Crippen LogP) is 1.07. The number of carbonyl (C=O) groups excluding carboxylic acids is 2. The summed E-state index contributed by atoms with van der Waals surface area (Å²) in [5, 5.41) is 0. The summed E-state index contributed by atoms with van der Waals surface area (Å²) in [5.41, 5.74) is 6.84. The quantitative estimate of drug-likeness (QED) is 0.703. The Balaban J connectivity index is 2.35. The van der Waals surface area contributed by atoms with Crippen LogP contribution >= 0.6 is 0 Å². The van der Waals surface area contributed by atoms with Crippen LogP contribution in [0.25, 0.3) is 0 Å². The summed E-state index contributed by atoms with van der Waals surface area (Å²) in [6, 6.07) is 0. The molecule has 4 heteroatoms. The molecule has 0 spiro atoms. The molecule has 0 aromatic rings. The van der Waals surface area contributed by atoms with Crippen LogP contribution < -0.4 is 5.73 Å². The van der Waals surface area contributed by atoms with Gasteiger partial charge in [-0.15, -0.1) is 0 Å². The summed E-state index contributed by atoms with van der Waals surface area (Å²) in [6.07, 6.45) is 5.78. The number of rotatable bonds is 4. The lowest BCUT2D eigenvalue weighted by atomic mass is 9.99. The Morgan fingerprint density at radius 3 is 2.93 bits per heavy atom. The highest BCUT2D eigenvalue weighted by Gasteiger charge is 2.10. The molecule has 0 aromatic heterocycles. The molecule has 0 atom stereocenters. The average Bonchev–Trinajstić information content (AvgIpc) is 2.23. The van der Waals surface area contributed by atoms with E-state index in [-0.39, 0.29) is 11.8 Å². The van der Waals surface area contributed by atoms with Crippen LogP contribution in [-0.2, 0) is 14.3 Å². The molecule has 1 rings (SSSR count). The number of ether oxygens (including phenoxy) is 1. The molecule has 0 aliphatic heterocycles. The van der Waals surface area contributed by atoms with Crippen LogP contribution in [0.15, 0.2) is 23.4 Å². The van der Waals surface area contributed by atoms with E-state index in [4.69, 9.17) is 5.73 Å². The van der Waals surface area contributed by atoms with Crippen molar-refractivity contribution >= 4 is 11.8 Å². The van der Waals surface area contributed by atoms with Gasteiger partial charge in [-0.25, -0.2) is 0 Å². The smallest absolute Gasteiger partial charge is 0.305 e. The summed E-state index contributed by atoms with van der Waals surface area (Å²) in [4.78, 5) is 21.9. The largest absolute Gasteiger partial charge is 0.469 e. The summed E-state index contributed by atoms with van der Waals surface area (Å²) in [7, 11) is 1.37. The first kappa shape index (κ1) is 11.5. The van der Waals surface area contributed by atoms with Gasteiger partial charge in [-0.3, -0.25) is 9.59 Å². The molecular formula is C11H15NO3. The fourth-order valence-electron chi connectivity index (χ4n) is 1.39. The fourth-order valence-corrected chi connectivity index (χ4v) is 1.39. The molecule has 0 saturated carbocycles. The molecule has 0 amide bonds. The van der Waals surface area contributed by atoms with E-state index in [1.54, 1.807) is 6.08 Å². The van der Waals surface area contributed by atoms with E-state index >= 15 is 0 Å². The molecule has 0 aromatic carbocycles. The van der Waals surface area contributed by atoms with Crippen molar-refractivity contribution < 1.29 is 14.3 Å². The zero-order chi connectivity index (χ0) is 11.3. The monoisotopic (exact) mass is 209 g/mol. The Kier molecular flexibility index (Phi) is 4.09. The van der Waals surface area contributed by atoms with Crippen LogP contribution in [0.3, 0.4) is 0 Å². The number of allylic oxidation sites excluding steroid dienone is 4. The first-order valence-corrected chi connectivity index (χ1v) is 4.89. The lowest BCUT2D eigenvalue weighted by Gasteiger charge is -2.09. The Morgan fingerprint density at radius 2 is 2.33 bits per heavy atom. The van der Waals surface area contributed by atoms with Crippen molar-refractivity contribution in [2.24, 2.45) is 5.73 Å². The fraction of sp³-hybridized carbons (Fsp3) is 0.455. The molecule has 0 radical (unpaired) electrons. The predicted molar refractivity (Wildman–Crippen MR) is 55.8 cm³/mol. The van der Waals surface area contributed by atoms with Crippen molar-refractivity contribution in [1.29, 1.82) is 0 Å². The van der Waals surface area contributed by atoms with Gasteiger partial charge in [-0.2, -0.15) is 0 Å². The maximum absolute atomic E-state index is 11.1. The van der Waals surface area contributed by atoms with Gasteiger partial charge in [0, 0.05) is 12.8 Å². The maximum Gasteiger partial charge on any atom is 0.305 e. The average molecular weight is 209 g/mol. The number of hydrogen-bond acceptors (Lipinski definition) is 4. The molecule has 2 N–H and O–H groups in total. The van der Waals surface area contributed by atoms with E-state index in [1.807, 2.05) is 6.08 Å². The maximum atomic E-state index is 11.1. The van der Waals surface area contributed by atoms with E-state index in [9.17, 15) is 9.59 Å². The van der Waals surface area contributed by atoms with Crippen molar-refractivity contribution in [2.75, 3.05) is 7.11 Å². The van der Waals surface area contributed by atoms with E-state index in [0.29, 0.717) is 18.5 Å². The van der Waals surface area contributed by atoms with Gasteiger partial charge in [0.05, 0.1) is 12.8 Å². The minimum Gasteiger partial charge on any atom is -0.469 e. The van der Waals surface area contributed by atoms with Gasteiger partial charge in [0.15, 0.2) is 5.78 Å². The highest BCUT2D eigenvalue weighted by molar-refractivity contribution is 5.97. The van der Waals surface area contributed by atoms with Gasteiger partial charge >= 0.3 is 5.97 Å². The minimum atomic E-state index is -0.209. The van der Waals surface area contributed by atoms with Crippen LogP contribution in [0, 0.1) is 0 Å². The number of methoxy groups -OCH3 is 1. The molecule has 15 heavy (non-hydrogen) atoms. The molecule has 1 aliphatic rings. The lowest BCUT2D eigenvalue weighted by molar-refractivity contribution is -0.140. The summed E-state index contributed by atoms with van der Waals surface area (Å²) in [5.74, 6) is -0.244. The third-order valence-corrected chi connectivity index (χ3v) is 2.29. The number of nitrogens with two attached hydrogens (primary N) is 1. The van der Waals surface area contributed by atoms with Crippen LogP contribution in [0.1, 0.15) is 25.7 Å². The van der Waals surface area contributed by atoms with Crippen molar-refractivity contribution in [1.82, 2.24) is 0 Å². The van der Waals surface area contributed by atoms with Gasteiger partial charge in [0.2, 0.25) is 0 Å². The van der Waals surface area contributed by atoms with Gasteiger partial charge in [-0.05, 0) is 24.5 Å². The normalized spacial score (nSPS) is 15.7. The van der Waals surface area contributed by atoms with Crippen LogP contribution in [0.4, 0.5) is 0 Å². The first-order chi connectivity index (χ1) is 7.13. The molecule has 1 aliphatic carbocycles. The van der Waals surface area contributed by atoms with Crippen molar-refractivity contribution in [3.63, 3.8) is 0 Å². The minimum absolute atomic E-state index is 0.0354. The van der Waals surface area contributed by atoms with Crippen molar-refractivity contribution in [3.8, 4) is 0 Å². The van der Waals surface area contributed by atoms with E-state index in [1.165, 1.54) is 7.11 Å². The SMILES string of the molecule is COC(=O)CCCC1=CCC(=O)C(N)=C1. The Morgan fingerprint density at radius 1 is 1.60 bits per heavy atom. The summed E-state index contributed by atoms with van der Waals surface area (Å²) in [6.45, 7) is 0. The van der Waals surface area contributed by atoms with Crippen LogP contribution in [0.2, 0.25) is 0 Å². The molecule has 0 heterocycles. The van der Waals surface area contributed by atoms with E-state index < -0.39 is 0 Å². The molecule has 0 saturated heterocycles. The zero-order valence-corrected chi connectivity index (χ0v) is 8.79. The van der Waals surface area contributed by atoms with Crippen LogP contribution in [-0.4, -0.2) is 18.9 Å². The highest BCUT2D eigenvalue weighted by Crippen LogP contribution is 2.16. The zero-order valence-electron chi connectivity index (χ0n) is 8.79. The molecule has 82 valence electrons. The second kappa shape index (κ2) is 5.34.